The summed E-state index contributed by atoms with van der Waals surface area (Å²) < 4.78 is 11.5. The largest absolute Gasteiger partial charge is 0.486 e. The highest BCUT2D eigenvalue weighted by Crippen LogP contribution is 2.37. The van der Waals surface area contributed by atoms with Crippen LogP contribution >= 0.6 is 0 Å². The maximum atomic E-state index is 11.8. The maximum Gasteiger partial charge on any atom is 0.186 e. The van der Waals surface area contributed by atoms with Gasteiger partial charge in [-0.2, -0.15) is 0 Å². The molecule has 0 aromatic heterocycles. The van der Waals surface area contributed by atoms with Gasteiger partial charge >= 0.3 is 0 Å². The average molecular weight is 258 g/mol. The van der Waals surface area contributed by atoms with Crippen molar-refractivity contribution in [2.45, 2.75) is 20.0 Å². The molecule has 4 nitrogen and oxygen atoms in total. The van der Waals surface area contributed by atoms with Crippen molar-refractivity contribution in [2.75, 3.05) is 6.61 Å². The molecule has 0 radical (unpaired) electrons. The number of carbonyl (C=O) groups excluding carboxylic acids is 2. The molecule has 1 aliphatic carbocycles. The minimum absolute atomic E-state index is 0.0320. The second-order valence-corrected chi connectivity index (χ2v) is 5.12. The average Bonchev–Trinajstić information content (AvgIpc) is 2.41. The molecule has 3 rings (SSSR count). The summed E-state index contributed by atoms with van der Waals surface area (Å²) in [4.78, 5) is 23.6. The third kappa shape index (κ3) is 1.93. The fraction of sp³-hybridized carbons (Fsp3) is 0.333. The van der Waals surface area contributed by atoms with Gasteiger partial charge in [-0.15, -0.1) is 0 Å². The van der Waals surface area contributed by atoms with Crippen LogP contribution in [0.2, 0.25) is 0 Å². The Morgan fingerprint density at radius 3 is 2.21 bits per heavy atom. The molecule has 98 valence electrons. The minimum atomic E-state index is -0.174. The minimum Gasteiger partial charge on any atom is -0.486 e. The van der Waals surface area contributed by atoms with Crippen LogP contribution in [0.1, 0.15) is 34.6 Å². The Balaban J connectivity index is 2.05. The Hall–Kier alpha value is -2.10. The molecular formula is C15H14O4. The second-order valence-electron chi connectivity index (χ2n) is 5.12. The van der Waals surface area contributed by atoms with Crippen LogP contribution in [0.3, 0.4) is 0 Å². The first-order valence-corrected chi connectivity index (χ1v) is 6.30. The van der Waals surface area contributed by atoms with Gasteiger partial charge < -0.3 is 9.47 Å². The SMILES string of the molecule is CC(C)C1COc2cc3c(cc2O1)C(=O)C=CC3=O. The Labute approximate surface area is 111 Å². The van der Waals surface area contributed by atoms with Crippen molar-refractivity contribution in [3.8, 4) is 11.5 Å². The van der Waals surface area contributed by atoms with Gasteiger partial charge in [0, 0.05) is 11.1 Å². The molecule has 2 aliphatic rings. The van der Waals surface area contributed by atoms with Crippen molar-refractivity contribution in [1.29, 1.82) is 0 Å². The molecule has 1 aliphatic heterocycles. The maximum absolute atomic E-state index is 11.8. The first-order valence-electron chi connectivity index (χ1n) is 6.30. The third-order valence-electron chi connectivity index (χ3n) is 3.43. The highest BCUT2D eigenvalue weighted by atomic mass is 16.6. The molecule has 0 amide bonds. The quantitative estimate of drug-likeness (QED) is 0.776. The summed E-state index contributed by atoms with van der Waals surface area (Å²) in [5, 5.41) is 0. The number of hydrogen-bond donors (Lipinski definition) is 0. The zero-order valence-electron chi connectivity index (χ0n) is 10.8. The highest BCUT2D eigenvalue weighted by Gasteiger charge is 2.28. The standard InChI is InChI=1S/C15H14O4/c1-8(2)15-7-18-13-5-9-10(6-14(13)19-15)12(17)4-3-11(9)16/h3-6,8,15H,7H2,1-2H3. The number of ketones is 2. The summed E-state index contributed by atoms with van der Waals surface area (Å²) in [5.41, 5.74) is 0.775. The van der Waals surface area contributed by atoms with Crippen LogP contribution in [0, 0.1) is 5.92 Å². The molecule has 0 saturated heterocycles. The smallest absolute Gasteiger partial charge is 0.186 e. The predicted octanol–water partition coefficient (Wildman–Crippen LogP) is 2.42. The number of benzene rings is 1. The van der Waals surface area contributed by atoms with Crippen molar-refractivity contribution in [2.24, 2.45) is 5.92 Å². The van der Waals surface area contributed by atoms with Gasteiger partial charge in [-0.3, -0.25) is 9.59 Å². The van der Waals surface area contributed by atoms with Crippen LogP contribution in [-0.4, -0.2) is 24.3 Å². The Kier molecular flexibility index (Phi) is 2.66. The molecule has 1 aromatic carbocycles. The van der Waals surface area contributed by atoms with Gasteiger partial charge in [-0.1, -0.05) is 13.8 Å². The zero-order chi connectivity index (χ0) is 13.6. The van der Waals surface area contributed by atoms with Crippen LogP contribution < -0.4 is 9.47 Å². The zero-order valence-corrected chi connectivity index (χ0v) is 10.8. The summed E-state index contributed by atoms with van der Waals surface area (Å²) in [5.74, 6) is 1.05. The van der Waals surface area contributed by atoms with Crippen molar-refractivity contribution in [3.63, 3.8) is 0 Å². The topological polar surface area (TPSA) is 52.6 Å². The number of allylic oxidation sites excluding steroid dienone is 2. The molecule has 0 fully saturated rings. The van der Waals surface area contributed by atoms with Crippen LogP contribution in [0.4, 0.5) is 0 Å². The number of fused-ring (bicyclic) bond motifs is 2. The van der Waals surface area contributed by atoms with Gasteiger partial charge in [0.05, 0.1) is 0 Å². The summed E-state index contributed by atoms with van der Waals surface area (Å²) in [6.07, 6.45) is 2.55. The van der Waals surface area contributed by atoms with Crippen molar-refractivity contribution in [1.82, 2.24) is 0 Å². The first kappa shape index (κ1) is 12.0. The molecule has 1 atom stereocenters. The molecule has 1 aromatic rings. The lowest BCUT2D eigenvalue weighted by atomic mass is 9.94. The normalized spacial score (nSPS) is 20.7. The van der Waals surface area contributed by atoms with E-state index >= 15 is 0 Å². The van der Waals surface area contributed by atoms with E-state index < -0.39 is 0 Å². The molecule has 0 bridgehead atoms. The van der Waals surface area contributed by atoms with Crippen LogP contribution in [0.25, 0.3) is 0 Å². The van der Waals surface area contributed by atoms with E-state index in [1.807, 2.05) is 0 Å². The molecule has 1 unspecified atom stereocenters. The van der Waals surface area contributed by atoms with Crippen LogP contribution in [0.5, 0.6) is 11.5 Å². The van der Waals surface area contributed by atoms with E-state index in [2.05, 4.69) is 13.8 Å². The Morgan fingerprint density at radius 1 is 1.05 bits per heavy atom. The molecule has 0 N–H and O–H groups in total. The highest BCUT2D eigenvalue weighted by molar-refractivity contribution is 6.22. The first-order chi connectivity index (χ1) is 9.06. The van der Waals surface area contributed by atoms with Crippen molar-refractivity contribution >= 4 is 11.6 Å². The number of ether oxygens (including phenoxy) is 2. The third-order valence-corrected chi connectivity index (χ3v) is 3.43. The van der Waals surface area contributed by atoms with E-state index in [0.717, 1.165) is 0 Å². The fourth-order valence-corrected chi connectivity index (χ4v) is 2.20. The van der Waals surface area contributed by atoms with Gasteiger partial charge in [-0.25, -0.2) is 0 Å². The van der Waals surface area contributed by atoms with E-state index in [0.29, 0.717) is 35.2 Å². The van der Waals surface area contributed by atoms with Gasteiger partial charge in [0.2, 0.25) is 0 Å². The Morgan fingerprint density at radius 2 is 1.63 bits per heavy atom. The van der Waals surface area contributed by atoms with E-state index in [4.69, 9.17) is 9.47 Å². The summed E-state index contributed by atoms with van der Waals surface area (Å²) in [7, 11) is 0. The summed E-state index contributed by atoms with van der Waals surface area (Å²) in [6.45, 7) is 4.56. The van der Waals surface area contributed by atoms with Gasteiger partial charge in [0.15, 0.2) is 23.1 Å². The lowest BCUT2D eigenvalue weighted by Crippen LogP contribution is -2.34. The molecular weight excluding hydrogens is 244 g/mol. The van der Waals surface area contributed by atoms with Crippen molar-refractivity contribution < 1.29 is 19.1 Å². The van der Waals surface area contributed by atoms with Gasteiger partial charge in [0.25, 0.3) is 0 Å². The number of rotatable bonds is 1. The predicted molar refractivity (Wildman–Crippen MR) is 69.0 cm³/mol. The Bertz CT molecular complexity index is 598. The summed E-state index contributed by atoms with van der Waals surface area (Å²) in [6, 6.07) is 3.22. The lowest BCUT2D eigenvalue weighted by molar-refractivity contribution is 0.0587. The van der Waals surface area contributed by atoms with E-state index in [1.54, 1.807) is 12.1 Å². The van der Waals surface area contributed by atoms with E-state index in [9.17, 15) is 9.59 Å². The number of carbonyl (C=O) groups is 2. The lowest BCUT2D eigenvalue weighted by Gasteiger charge is -2.29. The fourth-order valence-electron chi connectivity index (χ4n) is 2.20. The second kappa shape index (κ2) is 4.23. The molecule has 1 heterocycles. The van der Waals surface area contributed by atoms with Crippen LogP contribution in [-0.2, 0) is 0 Å². The monoisotopic (exact) mass is 258 g/mol. The van der Waals surface area contributed by atoms with Gasteiger partial charge in [0.1, 0.15) is 12.7 Å². The van der Waals surface area contributed by atoms with E-state index in [1.165, 1.54) is 12.2 Å². The molecule has 0 spiro atoms. The van der Waals surface area contributed by atoms with Crippen LogP contribution in [0.15, 0.2) is 24.3 Å². The van der Waals surface area contributed by atoms with E-state index in [-0.39, 0.29) is 17.7 Å². The molecule has 19 heavy (non-hydrogen) atoms. The van der Waals surface area contributed by atoms with Gasteiger partial charge in [-0.05, 0) is 30.2 Å². The number of hydrogen-bond acceptors (Lipinski definition) is 4. The molecule has 4 heteroatoms. The summed E-state index contributed by atoms with van der Waals surface area (Å²) >= 11 is 0. The van der Waals surface area contributed by atoms with Crippen molar-refractivity contribution in [3.05, 3.63) is 35.4 Å². The molecule has 0 saturated carbocycles.